The number of hydrogen-bond acceptors (Lipinski definition) is 5. The molecule has 2 N–H and O–H groups in total. The first-order valence-electron chi connectivity index (χ1n) is 5.61. The van der Waals surface area contributed by atoms with Crippen molar-refractivity contribution < 1.29 is 18.1 Å². The number of hydrogen-bond donors (Lipinski definition) is 1. The molecular weight excluding hydrogens is 250 g/mol. The van der Waals surface area contributed by atoms with Gasteiger partial charge in [-0.1, -0.05) is 24.3 Å². The van der Waals surface area contributed by atoms with Crippen molar-refractivity contribution in [2.45, 2.75) is 13.0 Å². The first kappa shape index (κ1) is 15.0. The third kappa shape index (κ3) is 3.72. The van der Waals surface area contributed by atoms with Crippen molar-refractivity contribution in [3.63, 3.8) is 0 Å². The molecule has 18 heavy (non-hydrogen) atoms. The maximum atomic E-state index is 11.2. The van der Waals surface area contributed by atoms with E-state index in [4.69, 9.17) is 19.0 Å². The average molecular weight is 269 g/mol. The molecule has 1 aromatic rings. The molecule has 0 amide bonds. The van der Waals surface area contributed by atoms with Crippen molar-refractivity contribution in [3.05, 3.63) is 35.4 Å². The van der Waals surface area contributed by atoms with Gasteiger partial charge in [0.25, 0.3) is 0 Å². The topological polar surface area (TPSA) is 70.8 Å². The van der Waals surface area contributed by atoms with Crippen molar-refractivity contribution >= 4 is 14.6 Å². The quantitative estimate of drug-likeness (QED) is 0.456. The van der Waals surface area contributed by atoms with Gasteiger partial charge in [0.15, 0.2) is 5.78 Å². The van der Waals surface area contributed by atoms with Crippen LogP contribution in [0.2, 0.25) is 0 Å². The summed E-state index contributed by atoms with van der Waals surface area (Å²) in [5.74, 6) is 0.0433. The molecule has 0 aliphatic heterocycles. The molecule has 0 radical (unpaired) electrons. The Morgan fingerprint density at radius 3 is 2.17 bits per heavy atom. The van der Waals surface area contributed by atoms with Gasteiger partial charge in [0.05, 0.1) is 6.73 Å². The molecule has 0 aliphatic rings. The minimum Gasteiger partial charge on any atom is -0.377 e. The van der Waals surface area contributed by atoms with Crippen LogP contribution in [-0.2, 0) is 19.3 Å². The largest absolute Gasteiger partial charge is 0.505 e. The number of ketones is 1. The fourth-order valence-electron chi connectivity index (χ4n) is 1.63. The van der Waals surface area contributed by atoms with Crippen LogP contribution in [0.1, 0.15) is 22.8 Å². The Morgan fingerprint density at radius 1 is 1.22 bits per heavy atom. The standard InChI is InChI=1S/C12H19NO4Si/c1-10(14)12-6-4-11(5-7-12)8-18(15-2,16-3)17-9-13/h4-7H,8-9,13H2,1-3H3. The Kier molecular flexibility index (Phi) is 5.64. The van der Waals surface area contributed by atoms with Crippen LogP contribution in [0.4, 0.5) is 0 Å². The summed E-state index contributed by atoms with van der Waals surface area (Å²) in [6.45, 7) is 1.59. The molecule has 0 aliphatic carbocycles. The van der Waals surface area contributed by atoms with Crippen LogP contribution in [0.3, 0.4) is 0 Å². The molecule has 0 saturated carbocycles. The van der Waals surface area contributed by atoms with Crippen LogP contribution in [-0.4, -0.2) is 35.5 Å². The molecule has 0 heterocycles. The van der Waals surface area contributed by atoms with E-state index in [1.54, 1.807) is 26.4 Å². The maximum Gasteiger partial charge on any atom is 0.505 e. The molecule has 0 unspecified atom stereocenters. The summed E-state index contributed by atoms with van der Waals surface area (Å²) < 4.78 is 16.1. The van der Waals surface area contributed by atoms with E-state index >= 15 is 0 Å². The lowest BCUT2D eigenvalue weighted by atomic mass is 10.1. The van der Waals surface area contributed by atoms with Gasteiger partial charge < -0.3 is 19.0 Å². The van der Waals surface area contributed by atoms with Crippen LogP contribution in [0.25, 0.3) is 0 Å². The predicted octanol–water partition coefficient (Wildman–Crippen LogP) is 1.14. The summed E-state index contributed by atoms with van der Waals surface area (Å²) in [4.78, 5) is 11.2. The molecule has 1 rings (SSSR count). The monoisotopic (exact) mass is 269 g/mol. The molecule has 6 heteroatoms. The second-order valence-electron chi connectivity index (χ2n) is 3.83. The van der Waals surface area contributed by atoms with Crippen molar-refractivity contribution in [1.29, 1.82) is 0 Å². The van der Waals surface area contributed by atoms with Crippen LogP contribution in [0.15, 0.2) is 24.3 Å². The molecule has 5 nitrogen and oxygen atoms in total. The predicted molar refractivity (Wildman–Crippen MR) is 70.1 cm³/mol. The molecule has 0 spiro atoms. The second kappa shape index (κ2) is 6.77. The van der Waals surface area contributed by atoms with Crippen molar-refractivity contribution in [2.75, 3.05) is 21.0 Å². The summed E-state index contributed by atoms with van der Waals surface area (Å²) in [6, 6.07) is 7.83. The molecule has 0 bridgehead atoms. The Bertz CT molecular complexity index is 390. The van der Waals surface area contributed by atoms with Crippen molar-refractivity contribution in [3.8, 4) is 0 Å². The smallest absolute Gasteiger partial charge is 0.377 e. The molecule has 0 aromatic heterocycles. The van der Waals surface area contributed by atoms with E-state index in [1.165, 1.54) is 6.92 Å². The number of nitrogens with two attached hydrogens (primary N) is 1. The summed E-state index contributed by atoms with van der Waals surface area (Å²) in [7, 11) is 0.363. The summed E-state index contributed by atoms with van der Waals surface area (Å²) >= 11 is 0. The van der Waals surface area contributed by atoms with Crippen LogP contribution < -0.4 is 5.73 Å². The minimum atomic E-state index is -2.74. The van der Waals surface area contributed by atoms with Gasteiger partial charge in [-0.15, -0.1) is 0 Å². The Hall–Kier alpha value is -1.05. The highest BCUT2D eigenvalue weighted by atomic mass is 28.4. The van der Waals surface area contributed by atoms with Crippen molar-refractivity contribution in [1.82, 2.24) is 0 Å². The third-order valence-electron chi connectivity index (χ3n) is 2.71. The number of carbonyl (C=O) groups is 1. The van der Waals surface area contributed by atoms with E-state index < -0.39 is 8.80 Å². The van der Waals surface area contributed by atoms with Crippen LogP contribution in [0, 0.1) is 0 Å². The first-order chi connectivity index (χ1) is 8.56. The lowest BCUT2D eigenvalue weighted by Gasteiger charge is -2.25. The second-order valence-corrected chi connectivity index (χ2v) is 6.66. The van der Waals surface area contributed by atoms with E-state index in [2.05, 4.69) is 0 Å². The Balaban J connectivity index is 2.84. The number of rotatable bonds is 7. The molecule has 0 fully saturated rings. The van der Waals surface area contributed by atoms with E-state index in [9.17, 15) is 4.79 Å². The highest BCUT2D eigenvalue weighted by molar-refractivity contribution is 6.60. The summed E-state index contributed by atoms with van der Waals surface area (Å²) in [5.41, 5.74) is 7.06. The average Bonchev–Trinajstić information content (AvgIpc) is 2.38. The van der Waals surface area contributed by atoms with Gasteiger partial charge in [-0.05, 0) is 12.5 Å². The number of benzene rings is 1. The summed E-state index contributed by atoms with van der Waals surface area (Å²) in [5, 5.41) is 0. The lowest BCUT2D eigenvalue weighted by molar-refractivity contribution is 0.0999. The van der Waals surface area contributed by atoms with Gasteiger partial charge in [0, 0.05) is 25.8 Å². The zero-order valence-corrected chi connectivity index (χ0v) is 11.9. The highest BCUT2D eigenvalue weighted by Crippen LogP contribution is 2.15. The molecular formula is C12H19NO4Si. The normalized spacial score (nSPS) is 11.6. The number of Topliss-reactive ketones (excluding diaryl/α,β-unsaturated/α-hetero) is 1. The van der Waals surface area contributed by atoms with Crippen molar-refractivity contribution in [2.24, 2.45) is 5.73 Å². The Morgan fingerprint density at radius 2 is 1.78 bits per heavy atom. The Labute approximate surface area is 108 Å². The van der Waals surface area contributed by atoms with Crippen LogP contribution >= 0.6 is 0 Å². The van der Waals surface area contributed by atoms with Gasteiger partial charge in [-0.25, -0.2) is 0 Å². The van der Waals surface area contributed by atoms with Gasteiger partial charge in [-0.3, -0.25) is 4.79 Å². The van der Waals surface area contributed by atoms with Crippen LogP contribution in [0.5, 0.6) is 0 Å². The summed E-state index contributed by atoms with van der Waals surface area (Å²) in [6.07, 6.45) is 0. The fraction of sp³-hybridized carbons (Fsp3) is 0.417. The zero-order valence-electron chi connectivity index (χ0n) is 10.9. The molecule has 100 valence electrons. The highest BCUT2D eigenvalue weighted by Gasteiger charge is 2.38. The molecule has 0 atom stereocenters. The zero-order chi connectivity index (χ0) is 13.6. The number of carbonyl (C=O) groups excluding carboxylic acids is 1. The van der Waals surface area contributed by atoms with Gasteiger partial charge in [-0.2, -0.15) is 0 Å². The minimum absolute atomic E-state index is 0.0433. The van der Waals surface area contributed by atoms with E-state index in [0.29, 0.717) is 11.6 Å². The first-order valence-corrected chi connectivity index (χ1v) is 7.54. The fourth-order valence-corrected chi connectivity index (χ4v) is 3.41. The van der Waals surface area contributed by atoms with E-state index in [-0.39, 0.29) is 12.5 Å². The van der Waals surface area contributed by atoms with Gasteiger partial charge in [0.2, 0.25) is 0 Å². The SMILES string of the molecule is CO[Si](Cc1ccc(C(C)=O)cc1)(OC)OCN. The molecule has 1 aromatic carbocycles. The third-order valence-corrected chi connectivity index (χ3v) is 5.40. The van der Waals surface area contributed by atoms with Gasteiger partial charge >= 0.3 is 8.80 Å². The van der Waals surface area contributed by atoms with E-state index in [0.717, 1.165) is 5.56 Å². The van der Waals surface area contributed by atoms with E-state index in [1.807, 2.05) is 12.1 Å². The molecule has 0 saturated heterocycles. The maximum absolute atomic E-state index is 11.2. The lowest BCUT2D eigenvalue weighted by Crippen LogP contribution is -2.48. The van der Waals surface area contributed by atoms with Gasteiger partial charge in [0.1, 0.15) is 0 Å².